The summed E-state index contributed by atoms with van der Waals surface area (Å²) in [6.07, 6.45) is -4.09. The highest BCUT2D eigenvalue weighted by atomic mass is 16.7. The van der Waals surface area contributed by atoms with Gasteiger partial charge in [-0.2, -0.15) is 0 Å². The Labute approximate surface area is 562 Å². The smallest absolute Gasteiger partial charge is 0.311 e. The van der Waals surface area contributed by atoms with Gasteiger partial charge in [0.1, 0.15) is 12.2 Å². The summed E-state index contributed by atoms with van der Waals surface area (Å²) in [5, 5.41) is 179. The van der Waals surface area contributed by atoms with E-state index < -0.39 is 170 Å². The number of cyclic esters (lactones) is 1. The maximum Gasteiger partial charge on any atom is 0.311 e. The SMILES string of the molecule is C/C1=C\C(CCCC(C)C)C(O)CCCC(O)CC(O)CC(O)C(C)CCC(O)C(C)C(O)CCCC(O)CC(O)/C=C/C(C)OC(=O)CC2(O)OC(CC(O[C@@H]3O[C@H](C)[C@@H](O)[C@H](N(C)C)[C@H]3O)C2C)C(C)C(O)/C(C)=C/C=C/CC(O)C(C)C(O)CCCC(O)CC1O. The molecule has 550 valence electrons. The van der Waals surface area contributed by atoms with Crippen LogP contribution in [0.2, 0.25) is 0 Å². The van der Waals surface area contributed by atoms with Crippen molar-refractivity contribution in [2.45, 2.75) is 345 Å². The van der Waals surface area contributed by atoms with E-state index in [1.165, 1.54) is 12.2 Å². The molecule has 0 saturated carbocycles. The van der Waals surface area contributed by atoms with Crippen LogP contribution in [0.15, 0.2) is 47.6 Å². The number of aliphatic hydroxyl groups excluding tert-OH is 15. The lowest BCUT2D eigenvalue weighted by Crippen LogP contribution is -2.64. The first-order valence-electron chi connectivity index (χ1n) is 35.4. The number of ether oxygens (including phenoxy) is 4. The average Bonchev–Trinajstić information content (AvgIpc) is 0.771. The van der Waals surface area contributed by atoms with Gasteiger partial charge in [-0.25, -0.2) is 0 Å². The molecule has 22 heteroatoms. The number of hydrogen-bond donors (Lipinski definition) is 16. The van der Waals surface area contributed by atoms with Gasteiger partial charge in [-0.1, -0.05) is 91.7 Å². The summed E-state index contributed by atoms with van der Waals surface area (Å²) in [5.74, 6) is -6.04. The molecule has 23 unspecified atom stereocenters. The second kappa shape index (κ2) is 42.7. The average molecular weight is 1350 g/mol. The van der Waals surface area contributed by atoms with E-state index in [1.54, 1.807) is 92.6 Å². The molecular formula is C72H131NO21. The fourth-order valence-electron chi connectivity index (χ4n) is 13.4. The lowest BCUT2D eigenvalue weighted by Gasteiger charge is -2.50. The number of nitrogens with zero attached hydrogens (tertiary/aromatic N) is 1. The number of allylic oxidation sites excluding steroid dienone is 2. The van der Waals surface area contributed by atoms with Crippen LogP contribution < -0.4 is 0 Å². The molecule has 0 aromatic heterocycles. The molecule has 0 amide bonds. The molecule has 16 N–H and O–H groups in total. The molecule has 0 radical (unpaired) electrons. The Kier molecular flexibility index (Phi) is 39.0. The van der Waals surface area contributed by atoms with Gasteiger partial charge in [0.15, 0.2) is 12.1 Å². The molecule has 22 nitrogen and oxygen atoms in total. The van der Waals surface area contributed by atoms with Crippen LogP contribution in [0, 0.1) is 41.4 Å². The summed E-state index contributed by atoms with van der Waals surface area (Å²) in [7, 11) is 3.41. The van der Waals surface area contributed by atoms with E-state index in [1.807, 2.05) is 13.0 Å². The lowest BCUT2D eigenvalue weighted by molar-refractivity contribution is -0.351. The highest BCUT2D eigenvalue weighted by Crippen LogP contribution is 2.42. The molecular weight excluding hydrogens is 1210 g/mol. The van der Waals surface area contributed by atoms with E-state index in [4.69, 9.17) is 18.9 Å². The highest BCUT2D eigenvalue weighted by molar-refractivity contribution is 5.71. The summed E-state index contributed by atoms with van der Waals surface area (Å²) in [6.45, 7) is 19.5. The summed E-state index contributed by atoms with van der Waals surface area (Å²) in [4.78, 5) is 15.4. The van der Waals surface area contributed by atoms with Crippen LogP contribution in [0.5, 0.6) is 0 Å². The maximum atomic E-state index is 13.7. The Bertz CT molecular complexity index is 2220. The van der Waals surface area contributed by atoms with Crippen molar-refractivity contribution in [3.05, 3.63) is 47.6 Å². The fraction of sp³-hybridized carbons (Fsp3) is 0.875. The predicted octanol–water partition coefficient (Wildman–Crippen LogP) is 5.14. The highest BCUT2D eigenvalue weighted by Gasteiger charge is 2.53. The largest absolute Gasteiger partial charge is 0.458 e. The Morgan fingerprint density at radius 3 is 1.78 bits per heavy atom. The van der Waals surface area contributed by atoms with E-state index in [2.05, 4.69) is 13.8 Å². The zero-order chi connectivity index (χ0) is 70.9. The molecule has 94 heavy (non-hydrogen) atoms. The van der Waals surface area contributed by atoms with Crippen molar-refractivity contribution in [1.82, 2.24) is 4.90 Å². The molecule has 0 spiro atoms. The molecule has 0 aromatic carbocycles. The second-order valence-corrected chi connectivity index (χ2v) is 29.5. The number of aliphatic hydroxyl groups is 16. The zero-order valence-electron chi connectivity index (χ0n) is 59.1. The van der Waals surface area contributed by atoms with Crippen LogP contribution in [0.1, 0.15) is 211 Å². The van der Waals surface area contributed by atoms with Gasteiger partial charge in [0.25, 0.3) is 0 Å². The summed E-state index contributed by atoms with van der Waals surface area (Å²) in [6, 6.07) is -0.776. The van der Waals surface area contributed by atoms with E-state index in [-0.39, 0.29) is 76.0 Å². The van der Waals surface area contributed by atoms with Crippen LogP contribution in [0.25, 0.3) is 0 Å². The molecule has 3 aliphatic heterocycles. The molecule has 2 bridgehead atoms. The normalized spacial score (nSPS) is 44.3. The monoisotopic (exact) mass is 1350 g/mol. The van der Waals surface area contributed by atoms with E-state index in [9.17, 15) is 86.5 Å². The van der Waals surface area contributed by atoms with Gasteiger partial charge in [0, 0.05) is 48.9 Å². The lowest BCUT2D eigenvalue weighted by atomic mass is 9.80. The van der Waals surface area contributed by atoms with Crippen molar-refractivity contribution >= 4 is 5.97 Å². The third kappa shape index (κ3) is 29.4. The van der Waals surface area contributed by atoms with Crippen LogP contribution in [-0.2, 0) is 23.7 Å². The van der Waals surface area contributed by atoms with Gasteiger partial charge in [0.2, 0.25) is 0 Å². The van der Waals surface area contributed by atoms with E-state index in [0.717, 1.165) is 12.8 Å². The standard InChI is InChI=1S/C72H131NO21/c1-41(2)20-16-22-51-34-44(5)63(85)37-54(76)25-18-28-58(80)46(7)57(79)26-15-14-21-43(4)68(87)48(9)64-39-65(93-71-70(89)67(73(12)13)69(88)50(11)92-71)49(10)72(90,94-64)40-66(86)91-45(6)31-32-55(77)35-52(74)23-17-27-59(81)47(8)60(82)33-30-42(3)62(84)38-56(78)36-53(75)24-19-29-61(51)83/h14-15,21,31-32,34,41-42,45-65,67-71,74-85,87-90H,16-20,22-30,33,35-40H2,1-13H3/b15-14+,32-31+,43-21+,44-34+/t42?,45?,46?,47?,48?,49?,50-,51?,52?,53?,54?,55?,56?,57?,58?,59?,60?,61?,62?,63?,64?,65?,67+,68?,69-,70-,71+,72?/m1/s1. The number of rotatable bonds is 7. The summed E-state index contributed by atoms with van der Waals surface area (Å²) >= 11 is 0. The van der Waals surface area contributed by atoms with Gasteiger partial charge < -0.3 is 106 Å². The van der Waals surface area contributed by atoms with Gasteiger partial charge in [-0.05, 0) is 167 Å². The number of carbonyl (C=O) groups excluding carboxylic acids is 1. The van der Waals surface area contributed by atoms with Gasteiger partial charge in [0.05, 0.1) is 116 Å². The second-order valence-electron chi connectivity index (χ2n) is 29.5. The first kappa shape index (κ1) is 85.9. The molecule has 3 aliphatic rings. The summed E-state index contributed by atoms with van der Waals surface area (Å²) < 4.78 is 24.5. The van der Waals surface area contributed by atoms with Crippen molar-refractivity contribution in [2.24, 2.45) is 41.4 Å². The molecule has 3 rings (SSSR count). The minimum Gasteiger partial charge on any atom is -0.458 e. The number of hydrogen-bond acceptors (Lipinski definition) is 22. The van der Waals surface area contributed by atoms with E-state index in [0.29, 0.717) is 68.4 Å². The maximum absolute atomic E-state index is 13.7. The zero-order valence-corrected chi connectivity index (χ0v) is 59.1. The van der Waals surface area contributed by atoms with Crippen LogP contribution >= 0.6 is 0 Å². The predicted molar refractivity (Wildman–Crippen MR) is 359 cm³/mol. The molecule has 3 heterocycles. The third-order valence-electron chi connectivity index (χ3n) is 20.5. The molecule has 0 aliphatic carbocycles. The van der Waals surface area contributed by atoms with E-state index >= 15 is 0 Å². The van der Waals surface area contributed by atoms with Crippen molar-refractivity contribution in [3.63, 3.8) is 0 Å². The summed E-state index contributed by atoms with van der Waals surface area (Å²) in [5.41, 5.74) is 1.12. The van der Waals surface area contributed by atoms with Crippen LogP contribution in [0.3, 0.4) is 0 Å². The quantitative estimate of drug-likeness (QED) is 0.116. The third-order valence-corrected chi connectivity index (χ3v) is 20.5. The number of carbonyl (C=O) groups is 1. The Morgan fingerprint density at radius 1 is 0.617 bits per heavy atom. The molecule has 2 saturated heterocycles. The van der Waals surface area contributed by atoms with Gasteiger partial charge in [-0.15, -0.1) is 0 Å². The van der Waals surface area contributed by atoms with Crippen LogP contribution in [0.4, 0.5) is 0 Å². The number of fused-ring (bicyclic) bond motifs is 2. The van der Waals surface area contributed by atoms with Crippen molar-refractivity contribution in [3.8, 4) is 0 Å². The molecule has 2 fully saturated rings. The number of likely N-dealkylation sites (N-methyl/N-ethyl adjacent to an activating group) is 1. The van der Waals surface area contributed by atoms with Crippen LogP contribution in [-0.4, -0.2) is 241 Å². The fourth-order valence-corrected chi connectivity index (χ4v) is 13.4. The Hall–Kier alpha value is -2.37. The Balaban J connectivity index is 1.84. The molecule has 0 aromatic rings. The minimum atomic E-state index is -2.25. The minimum absolute atomic E-state index is 0.0115. The Morgan fingerprint density at radius 2 is 1.18 bits per heavy atom. The first-order chi connectivity index (χ1) is 44.0. The van der Waals surface area contributed by atoms with Gasteiger partial charge in [-0.3, -0.25) is 4.79 Å². The topological polar surface area (TPSA) is 381 Å². The number of esters is 1. The van der Waals surface area contributed by atoms with Crippen molar-refractivity contribution in [1.29, 1.82) is 0 Å². The van der Waals surface area contributed by atoms with Gasteiger partial charge >= 0.3 is 5.97 Å². The van der Waals surface area contributed by atoms with Crippen molar-refractivity contribution < 1.29 is 105 Å². The van der Waals surface area contributed by atoms with Crippen molar-refractivity contribution in [2.75, 3.05) is 14.1 Å². The molecule has 28 atom stereocenters. The first-order valence-corrected chi connectivity index (χ1v) is 35.4.